The van der Waals surface area contributed by atoms with Crippen LogP contribution in [0, 0.1) is 0 Å². The normalized spacial score (nSPS) is 14.1. The molecule has 0 aliphatic carbocycles. The first kappa shape index (κ1) is 12.7. The highest BCUT2D eigenvalue weighted by Gasteiger charge is 2.16. The molecule has 1 aromatic carbocycles. The van der Waals surface area contributed by atoms with Gasteiger partial charge < -0.3 is 15.6 Å². The molecule has 0 fully saturated rings. The smallest absolute Gasteiger partial charge is 0.321 e. The molecule has 0 spiro atoms. The number of carbonyl (C=O) groups is 1. The summed E-state index contributed by atoms with van der Waals surface area (Å²) in [6.45, 7) is 0. The van der Waals surface area contributed by atoms with Gasteiger partial charge in [-0.25, -0.2) is 0 Å². The highest BCUT2D eigenvalue weighted by molar-refractivity contribution is 7.85. The van der Waals surface area contributed by atoms with E-state index in [0.29, 0.717) is 10.6 Å². The topological polar surface area (TPSA) is 89.6 Å². The zero-order chi connectivity index (χ0) is 12.1. The van der Waals surface area contributed by atoms with Crippen LogP contribution in [0.2, 0.25) is 0 Å². The zero-order valence-electron chi connectivity index (χ0n) is 8.75. The molecule has 0 aromatic heterocycles. The number of rotatable bonds is 5. The van der Waals surface area contributed by atoms with E-state index in [1.54, 1.807) is 24.3 Å². The molecule has 5 nitrogen and oxygen atoms in total. The molecule has 88 valence electrons. The third-order valence-electron chi connectivity index (χ3n) is 1.95. The van der Waals surface area contributed by atoms with Gasteiger partial charge in [0.25, 0.3) is 0 Å². The molecule has 16 heavy (non-hydrogen) atoms. The van der Waals surface area contributed by atoms with Crippen molar-refractivity contribution in [2.75, 3.05) is 12.9 Å². The van der Waals surface area contributed by atoms with E-state index in [1.807, 2.05) is 0 Å². The molecule has 3 N–H and O–H groups in total. The molecule has 0 radical (unpaired) electrons. The lowest BCUT2D eigenvalue weighted by Gasteiger charge is -2.07. The van der Waals surface area contributed by atoms with E-state index in [1.165, 1.54) is 7.11 Å². The van der Waals surface area contributed by atoms with Gasteiger partial charge in [0.1, 0.15) is 11.8 Å². The van der Waals surface area contributed by atoms with E-state index in [4.69, 9.17) is 15.6 Å². The number of hydrogen-bond acceptors (Lipinski definition) is 4. The van der Waals surface area contributed by atoms with Gasteiger partial charge in [0.15, 0.2) is 0 Å². The molecular formula is C10H13NO4S. The van der Waals surface area contributed by atoms with Gasteiger partial charge in [0, 0.05) is 4.90 Å². The zero-order valence-corrected chi connectivity index (χ0v) is 9.57. The van der Waals surface area contributed by atoms with E-state index < -0.39 is 22.8 Å². The van der Waals surface area contributed by atoms with Crippen LogP contribution in [0.4, 0.5) is 0 Å². The maximum Gasteiger partial charge on any atom is 0.321 e. The van der Waals surface area contributed by atoms with Crippen molar-refractivity contribution in [3.8, 4) is 5.75 Å². The Morgan fingerprint density at radius 2 is 2.31 bits per heavy atom. The largest absolute Gasteiger partial charge is 0.497 e. The molecule has 1 aromatic rings. The molecule has 0 saturated heterocycles. The minimum Gasteiger partial charge on any atom is -0.497 e. The quantitative estimate of drug-likeness (QED) is 0.772. The summed E-state index contributed by atoms with van der Waals surface area (Å²) in [7, 11) is 0.0732. The van der Waals surface area contributed by atoms with Crippen molar-refractivity contribution < 1.29 is 18.8 Å². The van der Waals surface area contributed by atoms with Crippen LogP contribution in [0.25, 0.3) is 0 Å². The van der Waals surface area contributed by atoms with Gasteiger partial charge in [-0.15, -0.1) is 0 Å². The predicted octanol–water partition coefficient (Wildman–Crippen LogP) is 0.215. The second-order valence-corrected chi connectivity index (χ2v) is 4.63. The summed E-state index contributed by atoms with van der Waals surface area (Å²) < 4.78 is 16.7. The third-order valence-corrected chi connectivity index (χ3v) is 3.39. The van der Waals surface area contributed by atoms with Crippen LogP contribution in [-0.4, -0.2) is 34.2 Å². The van der Waals surface area contributed by atoms with E-state index in [0.717, 1.165) is 0 Å². The summed E-state index contributed by atoms with van der Waals surface area (Å²) in [6.07, 6.45) is 0. The second-order valence-electron chi connectivity index (χ2n) is 3.14. The maximum absolute atomic E-state index is 11.7. The maximum atomic E-state index is 11.7. The van der Waals surface area contributed by atoms with Gasteiger partial charge >= 0.3 is 5.97 Å². The van der Waals surface area contributed by atoms with Crippen molar-refractivity contribution in [2.24, 2.45) is 5.73 Å². The summed E-state index contributed by atoms with van der Waals surface area (Å²) in [5.41, 5.74) is 5.30. The standard InChI is InChI=1S/C10H13NO4S/c1-15-7-3-2-4-8(5-7)16(14)6-9(11)10(12)13/h2-5,9H,6,11H2,1H3,(H,12,13). The fraction of sp³-hybridized carbons (Fsp3) is 0.300. The van der Waals surface area contributed by atoms with Crippen molar-refractivity contribution in [3.63, 3.8) is 0 Å². The number of nitrogens with two attached hydrogens (primary N) is 1. The van der Waals surface area contributed by atoms with Crippen LogP contribution in [-0.2, 0) is 15.6 Å². The van der Waals surface area contributed by atoms with Gasteiger partial charge in [0.2, 0.25) is 0 Å². The number of benzene rings is 1. The fourth-order valence-electron chi connectivity index (χ4n) is 1.07. The van der Waals surface area contributed by atoms with E-state index >= 15 is 0 Å². The molecule has 0 saturated carbocycles. The average Bonchev–Trinajstić information content (AvgIpc) is 2.28. The summed E-state index contributed by atoms with van der Waals surface area (Å²) in [5, 5.41) is 8.59. The fourth-order valence-corrected chi connectivity index (χ4v) is 2.21. The van der Waals surface area contributed by atoms with Crippen molar-refractivity contribution in [1.82, 2.24) is 0 Å². The molecular weight excluding hydrogens is 230 g/mol. The molecule has 0 heterocycles. The first-order valence-electron chi connectivity index (χ1n) is 4.55. The third kappa shape index (κ3) is 3.32. The Morgan fingerprint density at radius 3 is 2.88 bits per heavy atom. The molecule has 0 bridgehead atoms. The number of carboxylic acid groups (broad SMARTS) is 1. The number of aliphatic carboxylic acids is 1. The Labute approximate surface area is 95.7 Å². The van der Waals surface area contributed by atoms with Gasteiger partial charge in [-0.05, 0) is 18.2 Å². The summed E-state index contributed by atoms with van der Waals surface area (Å²) >= 11 is 0. The van der Waals surface area contributed by atoms with Crippen LogP contribution in [0.15, 0.2) is 29.2 Å². The van der Waals surface area contributed by atoms with Crippen molar-refractivity contribution in [3.05, 3.63) is 24.3 Å². The van der Waals surface area contributed by atoms with Gasteiger partial charge in [-0.1, -0.05) is 6.07 Å². The first-order chi connectivity index (χ1) is 7.54. The summed E-state index contributed by atoms with van der Waals surface area (Å²) in [5.74, 6) is -0.686. The van der Waals surface area contributed by atoms with Gasteiger partial charge in [-0.2, -0.15) is 0 Å². The SMILES string of the molecule is COc1cccc(S(=O)CC(N)C(=O)O)c1. The number of hydrogen-bond donors (Lipinski definition) is 2. The van der Waals surface area contributed by atoms with E-state index in [2.05, 4.69) is 0 Å². The second kappa shape index (κ2) is 5.62. The number of ether oxygens (including phenoxy) is 1. The lowest BCUT2D eigenvalue weighted by molar-refractivity contribution is -0.137. The molecule has 0 amide bonds. The minimum atomic E-state index is -1.43. The number of carboxylic acids is 1. The molecule has 1 rings (SSSR count). The molecule has 2 unspecified atom stereocenters. The van der Waals surface area contributed by atoms with Crippen LogP contribution in [0.1, 0.15) is 0 Å². The Morgan fingerprint density at radius 1 is 1.62 bits per heavy atom. The Balaban J connectivity index is 2.76. The monoisotopic (exact) mass is 243 g/mol. The lowest BCUT2D eigenvalue weighted by Crippen LogP contribution is -2.35. The molecule has 0 aliphatic rings. The van der Waals surface area contributed by atoms with E-state index in [9.17, 15) is 9.00 Å². The van der Waals surface area contributed by atoms with Crippen LogP contribution < -0.4 is 10.5 Å². The highest BCUT2D eigenvalue weighted by atomic mass is 32.2. The molecule has 6 heteroatoms. The molecule has 2 atom stereocenters. The van der Waals surface area contributed by atoms with Gasteiger partial charge in [0.05, 0.1) is 23.7 Å². The minimum absolute atomic E-state index is 0.109. The van der Waals surface area contributed by atoms with Crippen LogP contribution >= 0.6 is 0 Å². The summed E-state index contributed by atoms with van der Waals surface area (Å²) in [4.78, 5) is 11.0. The first-order valence-corrected chi connectivity index (χ1v) is 5.87. The van der Waals surface area contributed by atoms with E-state index in [-0.39, 0.29) is 5.75 Å². The Hall–Kier alpha value is -1.40. The van der Waals surface area contributed by atoms with Crippen LogP contribution in [0.3, 0.4) is 0 Å². The van der Waals surface area contributed by atoms with Gasteiger partial charge in [-0.3, -0.25) is 9.00 Å². The van der Waals surface area contributed by atoms with Crippen molar-refractivity contribution >= 4 is 16.8 Å². The predicted molar refractivity (Wildman–Crippen MR) is 59.9 cm³/mol. The van der Waals surface area contributed by atoms with Crippen molar-refractivity contribution in [2.45, 2.75) is 10.9 Å². The van der Waals surface area contributed by atoms with Crippen molar-refractivity contribution in [1.29, 1.82) is 0 Å². The lowest BCUT2D eigenvalue weighted by atomic mass is 10.3. The molecule has 0 aliphatic heterocycles. The van der Waals surface area contributed by atoms with Crippen LogP contribution in [0.5, 0.6) is 5.75 Å². The number of methoxy groups -OCH3 is 1. The highest BCUT2D eigenvalue weighted by Crippen LogP contribution is 2.16. The Kier molecular flexibility index (Phi) is 4.45. The average molecular weight is 243 g/mol. The summed E-state index contributed by atoms with van der Waals surface area (Å²) in [6, 6.07) is 5.54. The Bertz CT molecular complexity index is 408.